The molecule has 13 rings (SSSR count). The summed E-state index contributed by atoms with van der Waals surface area (Å²) in [6.45, 7) is 0. The fraction of sp³-hybridized carbons (Fsp3) is 0.0755. The van der Waals surface area contributed by atoms with Crippen molar-refractivity contribution in [1.82, 2.24) is 15.0 Å². The van der Waals surface area contributed by atoms with Gasteiger partial charge in [-0.3, -0.25) is 0 Å². The minimum Gasteiger partial charge on any atom is -0.460 e. The van der Waals surface area contributed by atoms with Crippen LogP contribution in [-0.2, 0) is 6.42 Å². The third-order valence-electron chi connectivity index (χ3n) is 12.4. The first kappa shape index (κ1) is 32.5. The maximum absolute atomic E-state index is 6.88. The molecule has 4 aromatic heterocycles. The highest BCUT2D eigenvalue weighted by Gasteiger charge is 2.36. The Labute approximate surface area is 337 Å². The molecule has 0 radical (unpaired) electrons. The van der Waals surface area contributed by atoms with Crippen LogP contribution in [0.1, 0.15) is 47.2 Å². The molecule has 278 valence electrons. The van der Waals surface area contributed by atoms with E-state index in [2.05, 4.69) is 127 Å². The summed E-state index contributed by atoms with van der Waals surface area (Å²) in [4.78, 5) is 15.8. The fourth-order valence-corrected chi connectivity index (χ4v) is 9.62. The van der Waals surface area contributed by atoms with Crippen LogP contribution in [0.5, 0.6) is 0 Å². The van der Waals surface area contributed by atoms with Crippen LogP contribution < -0.4 is 0 Å². The van der Waals surface area contributed by atoms with Crippen molar-refractivity contribution in [1.29, 1.82) is 0 Å². The molecule has 6 nitrogen and oxygen atoms in total. The van der Waals surface area contributed by atoms with Crippen molar-refractivity contribution in [3.63, 3.8) is 0 Å². The lowest BCUT2D eigenvalue weighted by atomic mass is 9.79. The van der Waals surface area contributed by atoms with Gasteiger partial charge in [0.1, 0.15) is 33.9 Å². The predicted octanol–water partition coefficient (Wildman–Crippen LogP) is 13.9. The van der Waals surface area contributed by atoms with E-state index in [0.717, 1.165) is 90.5 Å². The first-order chi connectivity index (χ1) is 29.2. The molecule has 7 aromatic carbocycles. The van der Waals surface area contributed by atoms with Gasteiger partial charge in [0.15, 0.2) is 17.5 Å². The number of nitrogens with zero attached hydrogens (tertiary/aromatic N) is 3. The maximum Gasteiger partial charge on any atom is 0.164 e. The molecular weight excluding hydrogens is 727 g/mol. The van der Waals surface area contributed by atoms with Crippen LogP contribution >= 0.6 is 0 Å². The zero-order chi connectivity index (χ0) is 38.6. The van der Waals surface area contributed by atoms with Crippen LogP contribution in [0, 0.1) is 0 Å². The molecule has 1 atom stereocenters. The summed E-state index contributed by atoms with van der Waals surface area (Å²) in [6, 6.07) is 50.4. The number of allylic oxidation sites excluding steroid dienone is 3. The van der Waals surface area contributed by atoms with Crippen molar-refractivity contribution in [3.05, 3.63) is 186 Å². The number of aromatic nitrogens is 3. The number of rotatable bonds is 4. The summed E-state index contributed by atoms with van der Waals surface area (Å²) >= 11 is 0. The maximum atomic E-state index is 6.88. The topological polar surface area (TPSA) is 78.1 Å². The quantitative estimate of drug-likeness (QED) is 0.166. The summed E-state index contributed by atoms with van der Waals surface area (Å²) in [5.74, 6) is 3.62. The van der Waals surface area contributed by atoms with Crippen molar-refractivity contribution in [2.75, 3.05) is 0 Å². The molecule has 0 N–H and O–H groups in total. The Balaban J connectivity index is 1.01. The van der Waals surface area contributed by atoms with Crippen molar-refractivity contribution < 1.29 is 13.3 Å². The highest BCUT2D eigenvalue weighted by Crippen LogP contribution is 2.51. The molecule has 4 heterocycles. The van der Waals surface area contributed by atoms with Gasteiger partial charge in [-0.1, -0.05) is 121 Å². The van der Waals surface area contributed by atoms with E-state index in [4.69, 9.17) is 28.2 Å². The van der Waals surface area contributed by atoms with E-state index in [-0.39, 0.29) is 5.92 Å². The van der Waals surface area contributed by atoms with Gasteiger partial charge in [0, 0.05) is 60.9 Å². The standard InChI is InChI=1S/C53H33N3O3/c1-2-11-34-30(10-1)20-21-31-28-32(22-24-35(31)34)51-54-52(33-23-25-38-36-12-3-6-17-44(36)57-47(38)29-33)56-53(55-51)43-27-26-41(50-48(43)42-14-5-8-19-46(42)59-50)40-16-9-15-39-37-13-4-7-18-45(37)58-49(39)40/h1-8,10-14,16-25,27-29,41H,9,15,26H2. The molecule has 0 aliphatic heterocycles. The first-order valence-electron chi connectivity index (χ1n) is 20.2. The van der Waals surface area contributed by atoms with E-state index >= 15 is 0 Å². The molecule has 0 bridgehead atoms. The van der Waals surface area contributed by atoms with Crippen LogP contribution in [0.2, 0.25) is 0 Å². The Hall–Kier alpha value is -7.57. The Morgan fingerprint density at radius 2 is 1.07 bits per heavy atom. The van der Waals surface area contributed by atoms with Gasteiger partial charge < -0.3 is 13.3 Å². The van der Waals surface area contributed by atoms with Gasteiger partial charge in [-0.15, -0.1) is 0 Å². The van der Waals surface area contributed by atoms with Gasteiger partial charge in [0.25, 0.3) is 0 Å². The summed E-state index contributed by atoms with van der Waals surface area (Å²) in [5.41, 5.74) is 9.58. The minimum absolute atomic E-state index is 0.0349. The SMILES string of the molecule is C1=C(c2nc(-c3ccc4c(ccc5ccccc54)c3)nc(-c3ccc4c(c3)oc3ccccc34)n2)c2c(oc3ccccc23)C(C2=CCCc3c2oc2ccccc32)C1. The lowest BCUT2D eigenvalue weighted by Crippen LogP contribution is -2.12. The Morgan fingerprint density at radius 1 is 0.458 bits per heavy atom. The number of fused-ring (bicyclic) bond motifs is 12. The summed E-state index contributed by atoms with van der Waals surface area (Å²) in [6.07, 6.45) is 7.25. The molecule has 0 saturated carbocycles. The van der Waals surface area contributed by atoms with Gasteiger partial charge in [0.05, 0.1) is 0 Å². The summed E-state index contributed by atoms with van der Waals surface area (Å²) in [7, 11) is 0. The highest BCUT2D eigenvalue weighted by atomic mass is 16.3. The van der Waals surface area contributed by atoms with Crippen molar-refractivity contribution in [2.24, 2.45) is 0 Å². The average Bonchev–Trinajstić information content (AvgIpc) is 4.00. The van der Waals surface area contributed by atoms with Crippen molar-refractivity contribution in [2.45, 2.75) is 25.2 Å². The van der Waals surface area contributed by atoms with E-state index in [0.29, 0.717) is 23.9 Å². The lowest BCUT2D eigenvalue weighted by Gasteiger charge is -2.25. The normalized spacial score (nSPS) is 15.3. The predicted molar refractivity (Wildman–Crippen MR) is 236 cm³/mol. The monoisotopic (exact) mass is 759 g/mol. The second-order valence-electron chi connectivity index (χ2n) is 15.7. The second-order valence-corrected chi connectivity index (χ2v) is 15.7. The molecule has 0 amide bonds. The number of furan rings is 3. The average molecular weight is 760 g/mol. The lowest BCUT2D eigenvalue weighted by molar-refractivity contribution is 0.514. The molecule has 11 aromatic rings. The smallest absolute Gasteiger partial charge is 0.164 e. The van der Waals surface area contributed by atoms with Gasteiger partial charge in [0.2, 0.25) is 0 Å². The van der Waals surface area contributed by atoms with Crippen molar-refractivity contribution >= 4 is 76.6 Å². The van der Waals surface area contributed by atoms with Gasteiger partial charge >= 0.3 is 0 Å². The molecular formula is C53H33N3O3. The molecule has 0 saturated heterocycles. The third kappa shape index (κ3) is 4.96. The fourth-order valence-electron chi connectivity index (χ4n) is 9.62. The van der Waals surface area contributed by atoms with E-state index in [1.807, 2.05) is 30.3 Å². The molecule has 0 fully saturated rings. The van der Waals surface area contributed by atoms with E-state index in [1.165, 1.54) is 32.7 Å². The molecule has 2 aliphatic carbocycles. The van der Waals surface area contributed by atoms with E-state index in [9.17, 15) is 0 Å². The zero-order valence-corrected chi connectivity index (χ0v) is 31.8. The molecule has 59 heavy (non-hydrogen) atoms. The van der Waals surface area contributed by atoms with Crippen LogP contribution in [0.25, 0.3) is 99.3 Å². The highest BCUT2D eigenvalue weighted by molar-refractivity contribution is 6.09. The van der Waals surface area contributed by atoms with Crippen LogP contribution in [0.15, 0.2) is 171 Å². The molecule has 1 unspecified atom stereocenters. The zero-order valence-electron chi connectivity index (χ0n) is 31.8. The third-order valence-corrected chi connectivity index (χ3v) is 12.4. The summed E-state index contributed by atoms with van der Waals surface area (Å²) in [5, 5.41) is 9.11. The van der Waals surface area contributed by atoms with Crippen LogP contribution in [0.3, 0.4) is 0 Å². The van der Waals surface area contributed by atoms with Gasteiger partial charge in [-0.05, 0) is 77.2 Å². The molecule has 0 spiro atoms. The number of aryl methyl sites for hydroxylation is 1. The molecule has 2 aliphatic rings. The number of hydrogen-bond acceptors (Lipinski definition) is 6. The Morgan fingerprint density at radius 3 is 1.90 bits per heavy atom. The number of para-hydroxylation sites is 3. The van der Waals surface area contributed by atoms with Gasteiger partial charge in [-0.25, -0.2) is 15.0 Å². The van der Waals surface area contributed by atoms with Crippen molar-refractivity contribution in [3.8, 4) is 22.8 Å². The summed E-state index contributed by atoms with van der Waals surface area (Å²) < 4.78 is 19.8. The van der Waals surface area contributed by atoms with E-state index < -0.39 is 0 Å². The number of benzene rings is 7. The minimum atomic E-state index is -0.0349. The first-order valence-corrected chi connectivity index (χ1v) is 20.2. The van der Waals surface area contributed by atoms with Crippen LogP contribution in [-0.4, -0.2) is 15.0 Å². The Bertz CT molecular complexity index is 3620. The molecule has 6 heteroatoms. The van der Waals surface area contributed by atoms with E-state index in [1.54, 1.807) is 0 Å². The number of hydrogen-bond donors (Lipinski definition) is 0. The van der Waals surface area contributed by atoms with Crippen LogP contribution in [0.4, 0.5) is 0 Å². The van der Waals surface area contributed by atoms with Gasteiger partial charge in [-0.2, -0.15) is 0 Å². The second kappa shape index (κ2) is 12.5. The Kier molecular flexibility index (Phi) is 6.87. The largest absolute Gasteiger partial charge is 0.460 e.